The molecule has 0 aliphatic heterocycles. The summed E-state index contributed by atoms with van der Waals surface area (Å²) in [5, 5.41) is 9.43. The highest BCUT2D eigenvalue weighted by molar-refractivity contribution is 7.12. The number of carbonyl (C=O) groups is 1. The van der Waals surface area contributed by atoms with E-state index < -0.39 is 0 Å². The summed E-state index contributed by atoms with van der Waals surface area (Å²) in [5.74, 6) is 1.28. The number of amides is 1. The van der Waals surface area contributed by atoms with E-state index >= 15 is 0 Å². The molecule has 22 heavy (non-hydrogen) atoms. The maximum atomic E-state index is 12.4. The number of anilines is 1. The lowest BCUT2D eigenvalue weighted by Gasteiger charge is -2.21. The van der Waals surface area contributed by atoms with Crippen molar-refractivity contribution in [2.75, 3.05) is 5.32 Å². The van der Waals surface area contributed by atoms with Gasteiger partial charge in [0.05, 0.1) is 10.6 Å². The van der Waals surface area contributed by atoms with Crippen LogP contribution in [0.25, 0.3) is 5.65 Å². The second-order valence-corrected chi connectivity index (χ2v) is 6.59. The lowest BCUT2D eigenvalue weighted by Crippen LogP contribution is -2.12. The molecule has 1 aliphatic carbocycles. The van der Waals surface area contributed by atoms with E-state index in [0.717, 1.165) is 29.1 Å². The third-order valence-electron chi connectivity index (χ3n) is 4.17. The van der Waals surface area contributed by atoms with Gasteiger partial charge < -0.3 is 5.32 Å². The van der Waals surface area contributed by atoms with E-state index in [4.69, 9.17) is 0 Å². The minimum Gasteiger partial charge on any atom is -0.318 e. The molecule has 1 saturated carbocycles. The summed E-state index contributed by atoms with van der Waals surface area (Å²) in [7, 11) is 0. The van der Waals surface area contributed by atoms with Crippen molar-refractivity contribution >= 4 is 28.6 Å². The van der Waals surface area contributed by atoms with Gasteiger partial charge in [0.2, 0.25) is 0 Å². The van der Waals surface area contributed by atoms with Crippen molar-refractivity contribution in [2.45, 2.75) is 32.1 Å². The predicted octanol–water partition coefficient (Wildman–Crippen LogP) is 3.62. The SMILES string of the molecule is Cc1ccsc1C(=O)Nc1cccn2nc(C3CCC3)nc12. The maximum Gasteiger partial charge on any atom is 0.266 e. The van der Waals surface area contributed by atoms with Gasteiger partial charge in [-0.2, -0.15) is 5.10 Å². The maximum absolute atomic E-state index is 12.4. The second kappa shape index (κ2) is 5.21. The van der Waals surface area contributed by atoms with Gasteiger partial charge in [0.25, 0.3) is 5.91 Å². The molecule has 1 fully saturated rings. The molecule has 1 aliphatic rings. The van der Waals surface area contributed by atoms with Crippen LogP contribution >= 0.6 is 11.3 Å². The second-order valence-electron chi connectivity index (χ2n) is 5.67. The van der Waals surface area contributed by atoms with Crippen molar-refractivity contribution in [3.63, 3.8) is 0 Å². The van der Waals surface area contributed by atoms with Gasteiger partial charge in [-0.3, -0.25) is 4.79 Å². The molecule has 0 saturated heterocycles. The van der Waals surface area contributed by atoms with E-state index in [-0.39, 0.29) is 5.91 Å². The molecule has 5 nitrogen and oxygen atoms in total. The Morgan fingerprint density at radius 1 is 1.41 bits per heavy atom. The van der Waals surface area contributed by atoms with E-state index in [2.05, 4.69) is 15.4 Å². The number of aryl methyl sites for hydroxylation is 1. The molecule has 0 aromatic carbocycles. The van der Waals surface area contributed by atoms with E-state index in [1.807, 2.05) is 36.7 Å². The van der Waals surface area contributed by atoms with Crippen molar-refractivity contribution in [2.24, 2.45) is 0 Å². The van der Waals surface area contributed by atoms with Crippen molar-refractivity contribution < 1.29 is 4.79 Å². The first-order valence-corrected chi connectivity index (χ1v) is 8.31. The van der Waals surface area contributed by atoms with Crippen LogP contribution < -0.4 is 5.32 Å². The van der Waals surface area contributed by atoms with Crippen molar-refractivity contribution in [1.82, 2.24) is 14.6 Å². The van der Waals surface area contributed by atoms with Gasteiger partial charge in [0.1, 0.15) is 0 Å². The van der Waals surface area contributed by atoms with Crippen LogP contribution in [-0.4, -0.2) is 20.5 Å². The summed E-state index contributed by atoms with van der Waals surface area (Å²) in [4.78, 5) is 17.8. The Hall–Kier alpha value is -2.21. The summed E-state index contributed by atoms with van der Waals surface area (Å²) >= 11 is 1.45. The number of rotatable bonds is 3. The van der Waals surface area contributed by atoms with Gasteiger partial charge in [-0.05, 0) is 48.9 Å². The third-order valence-corrected chi connectivity index (χ3v) is 5.18. The lowest BCUT2D eigenvalue weighted by atomic mass is 9.85. The number of hydrogen-bond donors (Lipinski definition) is 1. The molecule has 3 heterocycles. The zero-order chi connectivity index (χ0) is 15.1. The van der Waals surface area contributed by atoms with Gasteiger partial charge in [0.15, 0.2) is 11.5 Å². The molecule has 1 amide bonds. The first-order chi connectivity index (χ1) is 10.7. The van der Waals surface area contributed by atoms with Gasteiger partial charge in [-0.1, -0.05) is 6.42 Å². The Bertz CT molecular complexity index is 847. The minimum absolute atomic E-state index is 0.0891. The largest absolute Gasteiger partial charge is 0.318 e. The van der Waals surface area contributed by atoms with Crippen LogP contribution in [0.5, 0.6) is 0 Å². The van der Waals surface area contributed by atoms with Gasteiger partial charge in [0, 0.05) is 12.1 Å². The summed E-state index contributed by atoms with van der Waals surface area (Å²) in [6.07, 6.45) is 5.44. The van der Waals surface area contributed by atoms with Crippen LogP contribution in [-0.2, 0) is 0 Å². The zero-order valence-corrected chi connectivity index (χ0v) is 13.1. The van der Waals surface area contributed by atoms with E-state index in [1.165, 1.54) is 17.8 Å². The van der Waals surface area contributed by atoms with Gasteiger partial charge in [-0.25, -0.2) is 9.50 Å². The standard InChI is InChI=1S/C16H16N4OS/c1-10-7-9-22-13(10)16(21)17-12-6-3-8-20-15(12)18-14(19-20)11-4-2-5-11/h3,6-9,11H,2,4-5H2,1H3,(H,17,21). The molecule has 0 spiro atoms. The minimum atomic E-state index is -0.0891. The van der Waals surface area contributed by atoms with Gasteiger partial charge in [-0.15, -0.1) is 11.3 Å². The first kappa shape index (κ1) is 13.5. The molecule has 3 aromatic rings. The van der Waals surface area contributed by atoms with Crippen molar-refractivity contribution in [3.8, 4) is 0 Å². The molecule has 1 N–H and O–H groups in total. The van der Waals surface area contributed by atoms with Gasteiger partial charge >= 0.3 is 0 Å². The third kappa shape index (κ3) is 2.20. The number of nitrogens with one attached hydrogen (secondary N) is 1. The fourth-order valence-corrected chi connectivity index (χ4v) is 3.46. The Kier molecular flexibility index (Phi) is 3.18. The quantitative estimate of drug-likeness (QED) is 0.803. The first-order valence-electron chi connectivity index (χ1n) is 7.43. The smallest absolute Gasteiger partial charge is 0.266 e. The molecule has 3 aromatic heterocycles. The summed E-state index contributed by atoms with van der Waals surface area (Å²) in [6, 6.07) is 5.70. The van der Waals surface area contributed by atoms with Crippen LogP contribution in [0.1, 0.15) is 46.2 Å². The van der Waals surface area contributed by atoms with E-state index in [1.54, 1.807) is 4.52 Å². The average Bonchev–Trinajstić information content (AvgIpc) is 3.03. The normalized spacial score (nSPS) is 15.0. The highest BCUT2D eigenvalue weighted by Crippen LogP contribution is 2.35. The highest BCUT2D eigenvalue weighted by atomic mass is 32.1. The molecular formula is C16H16N4OS. The Morgan fingerprint density at radius 2 is 2.27 bits per heavy atom. The highest BCUT2D eigenvalue weighted by Gasteiger charge is 2.24. The van der Waals surface area contributed by atoms with Crippen molar-refractivity contribution in [3.05, 3.63) is 46.0 Å². The number of fused-ring (bicyclic) bond motifs is 1. The fraction of sp³-hybridized carbons (Fsp3) is 0.312. The van der Waals surface area contributed by atoms with E-state index in [9.17, 15) is 4.79 Å². The monoisotopic (exact) mass is 312 g/mol. The van der Waals surface area contributed by atoms with Crippen LogP contribution in [0, 0.1) is 6.92 Å². The number of nitrogens with zero attached hydrogens (tertiary/aromatic N) is 3. The lowest BCUT2D eigenvalue weighted by molar-refractivity contribution is 0.103. The molecule has 0 radical (unpaired) electrons. The molecule has 0 bridgehead atoms. The molecule has 6 heteroatoms. The van der Waals surface area contributed by atoms with Crippen molar-refractivity contribution in [1.29, 1.82) is 0 Å². The summed E-state index contributed by atoms with van der Waals surface area (Å²) < 4.78 is 1.75. The average molecular weight is 312 g/mol. The number of hydrogen-bond acceptors (Lipinski definition) is 4. The summed E-state index contributed by atoms with van der Waals surface area (Å²) in [6.45, 7) is 1.94. The summed E-state index contributed by atoms with van der Waals surface area (Å²) in [5.41, 5.74) is 2.41. The Morgan fingerprint density at radius 3 is 2.95 bits per heavy atom. The number of thiophene rings is 1. The number of pyridine rings is 1. The molecule has 4 rings (SSSR count). The topological polar surface area (TPSA) is 59.3 Å². The number of carbonyl (C=O) groups excluding carboxylic acids is 1. The number of aromatic nitrogens is 3. The Labute approximate surface area is 132 Å². The predicted molar refractivity (Wildman–Crippen MR) is 86.6 cm³/mol. The molecule has 0 atom stereocenters. The molecular weight excluding hydrogens is 296 g/mol. The van der Waals surface area contributed by atoms with Crippen LogP contribution in [0.3, 0.4) is 0 Å². The van der Waals surface area contributed by atoms with Crippen LogP contribution in [0.4, 0.5) is 5.69 Å². The Balaban J connectivity index is 1.67. The zero-order valence-electron chi connectivity index (χ0n) is 12.2. The van der Waals surface area contributed by atoms with E-state index in [0.29, 0.717) is 17.3 Å². The molecule has 112 valence electrons. The van der Waals surface area contributed by atoms with Crippen LogP contribution in [0.2, 0.25) is 0 Å². The molecule has 0 unspecified atom stereocenters. The van der Waals surface area contributed by atoms with Crippen LogP contribution in [0.15, 0.2) is 29.8 Å². The fourth-order valence-electron chi connectivity index (χ4n) is 2.64.